The molecule has 0 unspecified atom stereocenters. The summed E-state index contributed by atoms with van der Waals surface area (Å²) in [5.41, 5.74) is 1.55. The minimum Gasteiger partial charge on any atom is -0.497 e. The standard InChI is InChI=1S/C18H17F2N3O3S/c1-26-15-8-6-14(7-9-15)23-11-10-13(22-23)12-21-16-4-2-3-5-17(16)27(24,25)18(19)20/h2-11,18,21H,12H2,1H3. The van der Waals surface area contributed by atoms with Gasteiger partial charge in [-0.2, -0.15) is 13.9 Å². The summed E-state index contributed by atoms with van der Waals surface area (Å²) in [7, 11) is -3.11. The van der Waals surface area contributed by atoms with Gasteiger partial charge in [-0.15, -0.1) is 0 Å². The Bertz CT molecular complexity index is 1020. The molecule has 27 heavy (non-hydrogen) atoms. The van der Waals surface area contributed by atoms with Crippen LogP contribution in [0.2, 0.25) is 0 Å². The summed E-state index contributed by atoms with van der Waals surface area (Å²) in [5, 5.41) is 7.26. The second-order valence-corrected chi connectivity index (χ2v) is 7.49. The van der Waals surface area contributed by atoms with Crippen molar-refractivity contribution in [3.05, 3.63) is 66.5 Å². The smallest absolute Gasteiger partial charge is 0.341 e. The molecular weight excluding hydrogens is 376 g/mol. The fourth-order valence-corrected chi connectivity index (χ4v) is 3.38. The van der Waals surface area contributed by atoms with Gasteiger partial charge in [0, 0.05) is 6.20 Å². The third-order valence-corrected chi connectivity index (χ3v) is 5.31. The summed E-state index contributed by atoms with van der Waals surface area (Å²) in [6.45, 7) is 0.179. The van der Waals surface area contributed by atoms with Crippen molar-refractivity contribution >= 4 is 15.5 Å². The predicted molar refractivity (Wildman–Crippen MR) is 97.1 cm³/mol. The average Bonchev–Trinajstić information content (AvgIpc) is 3.15. The van der Waals surface area contributed by atoms with Gasteiger partial charge in [0.05, 0.1) is 35.6 Å². The minimum absolute atomic E-state index is 0.108. The molecule has 0 atom stereocenters. The van der Waals surface area contributed by atoms with Gasteiger partial charge in [-0.05, 0) is 42.5 Å². The Morgan fingerprint density at radius 2 is 1.81 bits per heavy atom. The highest BCUT2D eigenvalue weighted by atomic mass is 32.2. The van der Waals surface area contributed by atoms with Crippen molar-refractivity contribution in [2.24, 2.45) is 0 Å². The molecule has 3 aromatic rings. The SMILES string of the molecule is COc1ccc(-n2ccc(CNc3ccccc3S(=O)(=O)C(F)F)n2)cc1. The van der Waals surface area contributed by atoms with Crippen LogP contribution in [0.3, 0.4) is 0 Å². The molecule has 2 aromatic carbocycles. The first kappa shape index (κ1) is 18.8. The molecular formula is C18H17F2N3O3S. The predicted octanol–water partition coefficient (Wildman–Crippen LogP) is 3.49. The monoisotopic (exact) mass is 393 g/mol. The Morgan fingerprint density at radius 3 is 2.48 bits per heavy atom. The largest absolute Gasteiger partial charge is 0.497 e. The van der Waals surface area contributed by atoms with Gasteiger partial charge in [-0.3, -0.25) is 0 Å². The molecule has 142 valence electrons. The average molecular weight is 393 g/mol. The summed E-state index contributed by atoms with van der Waals surface area (Å²) >= 11 is 0. The Balaban J connectivity index is 1.76. The van der Waals surface area contributed by atoms with Crippen molar-refractivity contribution in [2.75, 3.05) is 12.4 Å². The number of anilines is 1. The topological polar surface area (TPSA) is 73.2 Å². The molecule has 0 spiro atoms. The van der Waals surface area contributed by atoms with Crippen molar-refractivity contribution in [3.8, 4) is 11.4 Å². The zero-order chi connectivity index (χ0) is 19.4. The number of sulfone groups is 1. The van der Waals surface area contributed by atoms with Gasteiger partial charge in [0.1, 0.15) is 5.75 Å². The number of nitrogens with one attached hydrogen (secondary N) is 1. The van der Waals surface area contributed by atoms with Crippen LogP contribution >= 0.6 is 0 Å². The number of hydrogen-bond acceptors (Lipinski definition) is 5. The Morgan fingerprint density at radius 1 is 1.11 bits per heavy atom. The molecule has 1 heterocycles. The highest BCUT2D eigenvalue weighted by Gasteiger charge is 2.28. The number of hydrogen-bond donors (Lipinski definition) is 1. The molecule has 0 saturated heterocycles. The highest BCUT2D eigenvalue weighted by molar-refractivity contribution is 7.91. The molecule has 0 aliphatic rings. The van der Waals surface area contributed by atoms with E-state index in [0.717, 1.165) is 17.5 Å². The Labute approximate surface area is 155 Å². The fraction of sp³-hybridized carbons (Fsp3) is 0.167. The zero-order valence-electron chi connectivity index (χ0n) is 14.3. The van der Waals surface area contributed by atoms with E-state index in [4.69, 9.17) is 4.74 Å². The van der Waals surface area contributed by atoms with Crippen molar-refractivity contribution < 1.29 is 21.9 Å². The van der Waals surface area contributed by atoms with Crippen LogP contribution in [0.5, 0.6) is 5.75 Å². The van der Waals surface area contributed by atoms with Crippen LogP contribution in [0.1, 0.15) is 5.69 Å². The van der Waals surface area contributed by atoms with Gasteiger partial charge < -0.3 is 10.1 Å². The van der Waals surface area contributed by atoms with Crippen LogP contribution in [0.15, 0.2) is 65.7 Å². The summed E-state index contributed by atoms with van der Waals surface area (Å²) in [5.74, 6) is -2.75. The van der Waals surface area contributed by atoms with Crippen molar-refractivity contribution in [3.63, 3.8) is 0 Å². The Hall–Kier alpha value is -2.94. The van der Waals surface area contributed by atoms with E-state index in [1.165, 1.54) is 12.1 Å². The summed E-state index contributed by atoms with van der Waals surface area (Å²) in [6.07, 6.45) is 1.75. The molecule has 0 bridgehead atoms. The molecule has 1 aromatic heterocycles. The van der Waals surface area contributed by atoms with E-state index in [1.54, 1.807) is 42.3 Å². The van der Waals surface area contributed by atoms with Crippen molar-refractivity contribution in [1.82, 2.24) is 9.78 Å². The number of nitrogens with zero attached hydrogens (tertiary/aromatic N) is 2. The lowest BCUT2D eigenvalue weighted by molar-refractivity contribution is 0.235. The normalized spacial score (nSPS) is 11.6. The van der Waals surface area contributed by atoms with Gasteiger partial charge in [0.2, 0.25) is 9.84 Å². The minimum atomic E-state index is -4.69. The van der Waals surface area contributed by atoms with E-state index in [-0.39, 0.29) is 12.2 Å². The summed E-state index contributed by atoms with van der Waals surface area (Å²) in [6, 6.07) is 14.6. The number of para-hydroxylation sites is 1. The third-order valence-electron chi connectivity index (χ3n) is 3.87. The number of benzene rings is 2. The van der Waals surface area contributed by atoms with Crippen LogP contribution in [0.4, 0.5) is 14.5 Å². The summed E-state index contributed by atoms with van der Waals surface area (Å²) < 4.78 is 56.0. The molecule has 0 fully saturated rings. The number of ether oxygens (including phenoxy) is 1. The zero-order valence-corrected chi connectivity index (χ0v) is 15.2. The van der Waals surface area contributed by atoms with Crippen LogP contribution in [-0.4, -0.2) is 31.1 Å². The lowest BCUT2D eigenvalue weighted by Gasteiger charge is -2.11. The van der Waals surface area contributed by atoms with E-state index in [1.807, 2.05) is 12.1 Å². The Kier molecular flexibility index (Phi) is 5.41. The maximum Gasteiger partial charge on any atom is 0.341 e. The third kappa shape index (κ3) is 4.08. The molecule has 9 heteroatoms. The van der Waals surface area contributed by atoms with E-state index in [9.17, 15) is 17.2 Å². The molecule has 0 aliphatic heterocycles. The lowest BCUT2D eigenvalue weighted by atomic mass is 10.3. The molecule has 0 amide bonds. The van der Waals surface area contributed by atoms with Crippen molar-refractivity contribution in [1.29, 1.82) is 0 Å². The van der Waals surface area contributed by atoms with Crippen molar-refractivity contribution in [2.45, 2.75) is 17.2 Å². The van der Waals surface area contributed by atoms with Gasteiger partial charge >= 0.3 is 5.76 Å². The fourth-order valence-electron chi connectivity index (χ4n) is 2.48. The molecule has 0 saturated carbocycles. The van der Waals surface area contributed by atoms with Crippen LogP contribution in [0, 0.1) is 0 Å². The number of aromatic nitrogens is 2. The second kappa shape index (κ2) is 7.75. The summed E-state index contributed by atoms with van der Waals surface area (Å²) in [4.78, 5) is -0.436. The lowest BCUT2D eigenvalue weighted by Crippen LogP contribution is -2.14. The van der Waals surface area contributed by atoms with Gasteiger partial charge in [-0.25, -0.2) is 13.1 Å². The first-order valence-electron chi connectivity index (χ1n) is 7.96. The number of halogens is 2. The maximum atomic E-state index is 12.8. The van der Waals surface area contributed by atoms with Crippen LogP contribution in [-0.2, 0) is 16.4 Å². The molecule has 1 N–H and O–H groups in total. The first-order valence-corrected chi connectivity index (χ1v) is 9.50. The van der Waals surface area contributed by atoms with Crippen LogP contribution in [0.25, 0.3) is 5.69 Å². The number of alkyl halides is 2. The van der Waals surface area contributed by atoms with E-state index >= 15 is 0 Å². The molecule has 0 radical (unpaired) electrons. The van der Waals surface area contributed by atoms with E-state index in [2.05, 4.69) is 10.4 Å². The maximum absolute atomic E-state index is 12.8. The highest BCUT2D eigenvalue weighted by Crippen LogP contribution is 2.26. The molecule has 6 nitrogen and oxygen atoms in total. The number of methoxy groups -OCH3 is 1. The molecule has 0 aliphatic carbocycles. The van der Waals surface area contributed by atoms with Gasteiger partial charge in [-0.1, -0.05) is 12.1 Å². The number of rotatable bonds is 7. The molecule has 3 rings (SSSR count). The van der Waals surface area contributed by atoms with Crippen LogP contribution < -0.4 is 10.1 Å². The second-order valence-electron chi connectivity index (χ2n) is 5.61. The quantitative estimate of drug-likeness (QED) is 0.665. The van der Waals surface area contributed by atoms with Gasteiger partial charge in [0.25, 0.3) is 0 Å². The van der Waals surface area contributed by atoms with E-state index in [0.29, 0.717) is 5.69 Å². The first-order chi connectivity index (χ1) is 12.9. The van der Waals surface area contributed by atoms with Gasteiger partial charge in [0.15, 0.2) is 0 Å². The van der Waals surface area contributed by atoms with E-state index < -0.39 is 20.5 Å².